The highest BCUT2D eigenvalue weighted by atomic mass is 35.5. The molecule has 1 heterocycles. The molecule has 0 spiro atoms. The first-order valence-electron chi connectivity index (χ1n) is 5.68. The van der Waals surface area contributed by atoms with Crippen molar-refractivity contribution < 1.29 is 4.74 Å². The number of hydrogen-bond donors (Lipinski definition) is 0. The predicted molar refractivity (Wildman–Crippen MR) is 67.3 cm³/mol. The summed E-state index contributed by atoms with van der Waals surface area (Å²) in [6, 6.07) is 6.17. The fourth-order valence-electron chi connectivity index (χ4n) is 2.07. The van der Waals surface area contributed by atoms with Gasteiger partial charge in [0.2, 0.25) is 5.90 Å². The number of fused-ring (bicyclic) bond motifs is 1. The van der Waals surface area contributed by atoms with Crippen molar-refractivity contribution in [2.45, 2.75) is 32.2 Å². The summed E-state index contributed by atoms with van der Waals surface area (Å²) in [6.07, 6.45) is 3.46. The lowest BCUT2D eigenvalue weighted by atomic mass is 10.00. The molecule has 0 saturated carbocycles. The Bertz CT molecular complexity index is 414. The smallest absolute Gasteiger partial charge is 0.216 e. The van der Waals surface area contributed by atoms with E-state index in [0.29, 0.717) is 0 Å². The molecule has 2 nitrogen and oxygen atoms in total. The van der Waals surface area contributed by atoms with E-state index >= 15 is 0 Å². The van der Waals surface area contributed by atoms with Gasteiger partial charge in [-0.25, -0.2) is 4.99 Å². The van der Waals surface area contributed by atoms with Crippen molar-refractivity contribution >= 4 is 17.5 Å². The standard InChI is InChI=1S/C13H16ClNO/c1-3-4-5-12-10-7-6-9(14)8-11(10)13(15-12)16-2/h6-8,12H,3-5H2,1-2H3. The topological polar surface area (TPSA) is 21.6 Å². The molecular formula is C13H16ClNO. The third-order valence-corrected chi connectivity index (χ3v) is 3.14. The first kappa shape index (κ1) is 11.5. The van der Waals surface area contributed by atoms with Gasteiger partial charge in [0.15, 0.2) is 0 Å². The summed E-state index contributed by atoms with van der Waals surface area (Å²) in [5.41, 5.74) is 2.30. The quantitative estimate of drug-likeness (QED) is 0.779. The van der Waals surface area contributed by atoms with Gasteiger partial charge in [-0.15, -0.1) is 0 Å². The summed E-state index contributed by atoms with van der Waals surface area (Å²) in [6.45, 7) is 2.19. The zero-order valence-corrected chi connectivity index (χ0v) is 10.4. The third-order valence-electron chi connectivity index (χ3n) is 2.90. The van der Waals surface area contributed by atoms with Gasteiger partial charge in [0, 0.05) is 10.6 Å². The Labute approximate surface area is 101 Å². The summed E-state index contributed by atoms with van der Waals surface area (Å²) in [5, 5.41) is 0.736. The van der Waals surface area contributed by atoms with Crippen LogP contribution in [0.4, 0.5) is 0 Å². The van der Waals surface area contributed by atoms with Crippen LogP contribution < -0.4 is 0 Å². The van der Waals surface area contributed by atoms with Gasteiger partial charge >= 0.3 is 0 Å². The molecule has 0 saturated heterocycles. The molecule has 0 fully saturated rings. The van der Waals surface area contributed by atoms with E-state index in [2.05, 4.69) is 18.0 Å². The summed E-state index contributed by atoms with van der Waals surface area (Å²) in [5.74, 6) is 0.721. The maximum atomic E-state index is 5.99. The third kappa shape index (κ3) is 2.07. The summed E-state index contributed by atoms with van der Waals surface area (Å²) >= 11 is 5.99. The summed E-state index contributed by atoms with van der Waals surface area (Å²) < 4.78 is 5.29. The van der Waals surface area contributed by atoms with Gasteiger partial charge in [0.1, 0.15) is 0 Å². The zero-order valence-electron chi connectivity index (χ0n) is 9.66. The minimum Gasteiger partial charge on any atom is -0.481 e. The second-order valence-corrected chi connectivity index (χ2v) is 4.46. The van der Waals surface area contributed by atoms with Crippen molar-refractivity contribution in [2.75, 3.05) is 7.11 Å². The first-order chi connectivity index (χ1) is 7.76. The van der Waals surface area contributed by atoms with Crippen LogP contribution in [-0.2, 0) is 4.74 Å². The maximum absolute atomic E-state index is 5.99. The van der Waals surface area contributed by atoms with E-state index in [1.807, 2.05) is 12.1 Å². The number of ether oxygens (including phenoxy) is 1. The summed E-state index contributed by atoms with van der Waals surface area (Å²) in [4.78, 5) is 4.59. The van der Waals surface area contributed by atoms with Gasteiger partial charge in [0.05, 0.1) is 13.2 Å². The molecule has 1 atom stereocenters. The van der Waals surface area contributed by atoms with Crippen LogP contribution >= 0.6 is 11.6 Å². The van der Waals surface area contributed by atoms with E-state index in [-0.39, 0.29) is 6.04 Å². The van der Waals surface area contributed by atoms with Crippen molar-refractivity contribution in [3.05, 3.63) is 34.3 Å². The number of methoxy groups -OCH3 is 1. The Kier molecular flexibility index (Phi) is 3.49. The van der Waals surface area contributed by atoms with Crippen LogP contribution in [0.3, 0.4) is 0 Å². The number of halogens is 1. The van der Waals surface area contributed by atoms with Crippen molar-refractivity contribution in [2.24, 2.45) is 4.99 Å². The average molecular weight is 238 g/mol. The van der Waals surface area contributed by atoms with Crippen molar-refractivity contribution in [3.8, 4) is 0 Å². The first-order valence-corrected chi connectivity index (χ1v) is 6.05. The van der Waals surface area contributed by atoms with Crippen LogP contribution in [0.25, 0.3) is 0 Å². The molecule has 1 aliphatic heterocycles. The Balaban J connectivity index is 2.30. The van der Waals surface area contributed by atoms with Gasteiger partial charge in [0.25, 0.3) is 0 Å². The molecule has 3 heteroatoms. The number of aliphatic imine (C=N–C) groups is 1. The SMILES string of the molecule is CCCCC1N=C(OC)c2cc(Cl)ccc21. The minimum atomic E-state index is 0.252. The van der Waals surface area contributed by atoms with Crippen LogP contribution in [0.15, 0.2) is 23.2 Å². The highest BCUT2D eigenvalue weighted by molar-refractivity contribution is 6.31. The van der Waals surface area contributed by atoms with Crippen molar-refractivity contribution in [3.63, 3.8) is 0 Å². The Morgan fingerprint density at radius 3 is 2.94 bits per heavy atom. The normalized spacial score (nSPS) is 18.2. The number of unbranched alkanes of at least 4 members (excludes halogenated alkanes) is 1. The molecule has 0 radical (unpaired) electrons. The minimum absolute atomic E-state index is 0.252. The number of benzene rings is 1. The molecule has 1 aliphatic rings. The van der Waals surface area contributed by atoms with Crippen LogP contribution in [0.5, 0.6) is 0 Å². The van der Waals surface area contributed by atoms with E-state index < -0.39 is 0 Å². The Hall–Kier alpha value is -1.02. The van der Waals surface area contributed by atoms with Crippen LogP contribution in [0, 0.1) is 0 Å². The molecule has 2 rings (SSSR count). The maximum Gasteiger partial charge on any atom is 0.216 e. The molecular weight excluding hydrogens is 222 g/mol. The molecule has 0 N–H and O–H groups in total. The lowest BCUT2D eigenvalue weighted by Crippen LogP contribution is -2.00. The van der Waals surface area contributed by atoms with Crippen LogP contribution in [0.2, 0.25) is 5.02 Å². The van der Waals surface area contributed by atoms with E-state index in [1.165, 1.54) is 18.4 Å². The van der Waals surface area contributed by atoms with Gasteiger partial charge in [-0.3, -0.25) is 0 Å². The second kappa shape index (κ2) is 4.88. The lowest BCUT2D eigenvalue weighted by molar-refractivity contribution is 0.402. The van der Waals surface area contributed by atoms with Gasteiger partial charge < -0.3 is 4.74 Å². The molecule has 0 amide bonds. The molecule has 0 bridgehead atoms. The fourth-order valence-corrected chi connectivity index (χ4v) is 2.24. The van der Waals surface area contributed by atoms with Gasteiger partial charge in [-0.2, -0.15) is 0 Å². The highest BCUT2D eigenvalue weighted by Gasteiger charge is 2.25. The average Bonchev–Trinajstić information content (AvgIpc) is 2.63. The molecule has 0 aliphatic carbocycles. The van der Waals surface area contributed by atoms with Gasteiger partial charge in [-0.05, 0) is 24.1 Å². The van der Waals surface area contributed by atoms with Crippen LogP contribution in [-0.4, -0.2) is 13.0 Å². The van der Waals surface area contributed by atoms with Crippen LogP contribution in [0.1, 0.15) is 43.4 Å². The van der Waals surface area contributed by atoms with Crippen molar-refractivity contribution in [1.82, 2.24) is 0 Å². The van der Waals surface area contributed by atoms with Crippen molar-refractivity contribution in [1.29, 1.82) is 0 Å². The Morgan fingerprint density at radius 1 is 1.44 bits per heavy atom. The van der Waals surface area contributed by atoms with Gasteiger partial charge in [-0.1, -0.05) is 37.4 Å². The monoisotopic (exact) mass is 237 g/mol. The molecule has 16 heavy (non-hydrogen) atoms. The number of hydrogen-bond acceptors (Lipinski definition) is 2. The highest BCUT2D eigenvalue weighted by Crippen LogP contribution is 2.34. The second-order valence-electron chi connectivity index (χ2n) is 4.03. The predicted octanol–water partition coefficient (Wildman–Crippen LogP) is 3.98. The largest absolute Gasteiger partial charge is 0.481 e. The fraction of sp³-hybridized carbons (Fsp3) is 0.462. The Morgan fingerprint density at radius 2 is 2.25 bits per heavy atom. The van der Waals surface area contributed by atoms with E-state index in [1.54, 1.807) is 7.11 Å². The zero-order chi connectivity index (χ0) is 11.5. The van der Waals surface area contributed by atoms with E-state index in [0.717, 1.165) is 22.9 Å². The number of rotatable bonds is 3. The molecule has 1 unspecified atom stereocenters. The molecule has 1 aromatic carbocycles. The molecule has 1 aromatic rings. The van der Waals surface area contributed by atoms with E-state index in [9.17, 15) is 0 Å². The molecule has 0 aromatic heterocycles. The summed E-state index contributed by atoms with van der Waals surface area (Å²) in [7, 11) is 1.66. The number of nitrogens with zero attached hydrogens (tertiary/aromatic N) is 1. The molecule has 86 valence electrons. The van der Waals surface area contributed by atoms with E-state index in [4.69, 9.17) is 16.3 Å². The lowest BCUT2D eigenvalue weighted by Gasteiger charge is -2.07.